The molecule has 0 aliphatic heterocycles. The van der Waals surface area contributed by atoms with E-state index < -0.39 is 0 Å². The molecule has 22 heavy (non-hydrogen) atoms. The fourth-order valence-electron chi connectivity index (χ4n) is 3.65. The molecule has 0 spiro atoms. The highest BCUT2D eigenvalue weighted by Crippen LogP contribution is 2.35. The molecule has 2 aliphatic carbocycles. The Morgan fingerprint density at radius 3 is 3.18 bits per heavy atom. The largest absolute Gasteiger partial charge is 0.392 e. The molecule has 1 aromatic rings. The van der Waals surface area contributed by atoms with Gasteiger partial charge in [0, 0.05) is 23.7 Å². The van der Waals surface area contributed by atoms with Gasteiger partial charge in [0.15, 0.2) is 0 Å². The maximum atomic E-state index is 12.1. The van der Waals surface area contributed by atoms with Gasteiger partial charge in [0.05, 0.1) is 12.3 Å². The zero-order valence-corrected chi connectivity index (χ0v) is 13.2. The number of urea groups is 1. The lowest BCUT2D eigenvalue weighted by Gasteiger charge is -2.38. The molecule has 1 heterocycles. The van der Waals surface area contributed by atoms with E-state index in [1.54, 1.807) is 0 Å². The van der Waals surface area contributed by atoms with Crippen LogP contribution in [0.5, 0.6) is 0 Å². The lowest BCUT2D eigenvalue weighted by atomic mass is 9.73. The van der Waals surface area contributed by atoms with Gasteiger partial charge in [-0.3, -0.25) is 5.10 Å². The third kappa shape index (κ3) is 3.27. The number of carbonyl (C=O) groups is 1. The standard InChI is InChI=1S/C16H26N4O2/c1-16(7-3-2-4-14(16)21)10-17-15(22)19-12-5-6-13-11(8-12)9-18-20-13/h9,12,14,21H,2-8,10H2,1H3,(H,18,20)(H2,17,19,22). The van der Waals surface area contributed by atoms with E-state index >= 15 is 0 Å². The first-order valence-electron chi connectivity index (χ1n) is 8.30. The summed E-state index contributed by atoms with van der Waals surface area (Å²) in [6, 6.07) is 0.0325. The molecule has 0 radical (unpaired) electrons. The Morgan fingerprint density at radius 2 is 2.36 bits per heavy atom. The number of hydrogen-bond acceptors (Lipinski definition) is 3. The number of aromatic nitrogens is 2. The Bertz CT molecular complexity index is 530. The number of aryl methyl sites for hydroxylation is 1. The van der Waals surface area contributed by atoms with Crippen molar-refractivity contribution in [3.8, 4) is 0 Å². The molecule has 0 bridgehead atoms. The summed E-state index contributed by atoms with van der Waals surface area (Å²) in [6.07, 6.45) is 8.24. The van der Waals surface area contributed by atoms with Gasteiger partial charge < -0.3 is 15.7 Å². The lowest BCUT2D eigenvalue weighted by molar-refractivity contribution is 0.00304. The van der Waals surface area contributed by atoms with Crippen molar-refractivity contribution >= 4 is 6.03 Å². The van der Waals surface area contributed by atoms with Crippen LogP contribution in [0.25, 0.3) is 0 Å². The van der Waals surface area contributed by atoms with Gasteiger partial charge >= 0.3 is 6.03 Å². The highest BCUT2D eigenvalue weighted by molar-refractivity contribution is 5.74. The van der Waals surface area contributed by atoms with Crippen molar-refractivity contribution in [3.05, 3.63) is 17.5 Å². The van der Waals surface area contributed by atoms with Crippen molar-refractivity contribution in [2.24, 2.45) is 5.41 Å². The van der Waals surface area contributed by atoms with Crippen LogP contribution in [0.1, 0.15) is 50.3 Å². The number of nitrogens with one attached hydrogen (secondary N) is 3. The SMILES string of the molecule is CC1(CNC(=O)NC2CCc3[nH]ncc3C2)CCCCC1O. The van der Waals surface area contributed by atoms with Crippen LogP contribution >= 0.6 is 0 Å². The molecule has 3 rings (SSSR count). The predicted octanol–water partition coefficient (Wildman–Crippen LogP) is 1.51. The number of aliphatic hydroxyl groups is 1. The first-order valence-corrected chi connectivity index (χ1v) is 8.30. The normalized spacial score (nSPS) is 31.4. The van der Waals surface area contributed by atoms with Crippen molar-refractivity contribution < 1.29 is 9.90 Å². The molecule has 0 saturated heterocycles. The van der Waals surface area contributed by atoms with E-state index in [-0.39, 0.29) is 23.6 Å². The van der Waals surface area contributed by atoms with Gasteiger partial charge in [0.25, 0.3) is 0 Å². The summed E-state index contributed by atoms with van der Waals surface area (Å²) in [7, 11) is 0. The number of nitrogens with zero attached hydrogens (tertiary/aromatic N) is 1. The van der Waals surface area contributed by atoms with Crippen molar-refractivity contribution in [1.82, 2.24) is 20.8 Å². The quantitative estimate of drug-likeness (QED) is 0.682. The molecule has 2 aliphatic rings. The summed E-state index contributed by atoms with van der Waals surface area (Å²) in [5, 5.41) is 23.2. The minimum Gasteiger partial charge on any atom is -0.392 e. The number of rotatable bonds is 3. The highest BCUT2D eigenvalue weighted by atomic mass is 16.3. The second-order valence-corrected chi connectivity index (χ2v) is 7.06. The van der Waals surface area contributed by atoms with Crippen LogP contribution in [0.15, 0.2) is 6.20 Å². The molecule has 1 fully saturated rings. The number of amides is 2. The second-order valence-electron chi connectivity index (χ2n) is 7.06. The van der Waals surface area contributed by atoms with Crippen molar-refractivity contribution in [2.45, 2.75) is 64.0 Å². The maximum absolute atomic E-state index is 12.1. The molecule has 3 unspecified atom stereocenters. The van der Waals surface area contributed by atoms with Crippen molar-refractivity contribution in [1.29, 1.82) is 0 Å². The average Bonchev–Trinajstić information content (AvgIpc) is 2.96. The Labute approximate surface area is 131 Å². The number of hydrogen-bond donors (Lipinski definition) is 4. The topological polar surface area (TPSA) is 90.0 Å². The van der Waals surface area contributed by atoms with Gasteiger partial charge in [-0.05, 0) is 37.7 Å². The molecule has 122 valence electrons. The second kappa shape index (κ2) is 6.28. The number of aromatic amines is 1. The molecule has 3 atom stereocenters. The molecule has 4 N–H and O–H groups in total. The molecule has 6 nitrogen and oxygen atoms in total. The summed E-state index contributed by atoms with van der Waals surface area (Å²) < 4.78 is 0. The maximum Gasteiger partial charge on any atom is 0.315 e. The van der Waals surface area contributed by atoms with Gasteiger partial charge in [0.1, 0.15) is 0 Å². The van der Waals surface area contributed by atoms with Crippen LogP contribution in [0.2, 0.25) is 0 Å². The average molecular weight is 306 g/mol. The summed E-state index contributed by atoms with van der Waals surface area (Å²) >= 11 is 0. The Hall–Kier alpha value is -1.56. The number of aliphatic hydroxyl groups excluding tert-OH is 1. The monoisotopic (exact) mass is 306 g/mol. The molecule has 1 saturated carbocycles. The van der Waals surface area contributed by atoms with E-state index in [1.807, 2.05) is 6.20 Å². The van der Waals surface area contributed by atoms with Crippen molar-refractivity contribution in [2.75, 3.05) is 6.54 Å². The molecular formula is C16H26N4O2. The van der Waals surface area contributed by atoms with Gasteiger partial charge in [-0.1, -0.05) is 19.8 Å². The molecule has 2 amide bonds. The van der Waals surface area contributed by atoms with Crippen molar-refractivity contribution in [3.63, 3.8) is 0 Å². The van der Waals surface area contributed by atoms with E-state index in [4.69, 9.17) is 0 Å². The Morgan fingerprint density at radius 1 is 1.50 bits per heavy atom. The van der Waals surface area contributed by atoms with Crippen LogP contribution in [-0.2, 0) is 12.8 Å². The Kier molecular flexibility index (Phi) is 4.38. The van der Waals surface area contributed by atoms with Crippen LogP contribution in [-0.4, -0.2) is 40.0 Å². The number of H-pyrrole nitrogens is 1. The molecular weight excluding hydrogens is 280 g/mol. The van der Waals surface area contributed by atoms with Gasteiger partial charge in [0.2, 0.25) is 0 Å². The third-order valence-electron chi connectivity index (χ3n) is 5.28. The summed E-state index contributed by atoms with van der Waals surface area (Å²) in [5.74, 6) is 0. The molecule has 0 aromatic carbocycles. The fourth-order valence-corrected chi connectivity index (χ4v) is 3.65. The van der Waals surface area contributed by atoms with Gasteiger partial charge in [-0.2, -0.15) is 5.10 Å². The van der Waals surface area contributed by atoms with E-state index in [1.165, 1.54) is 11.3 Å². The zero-order chi connectivity index (χ0) is 15.6. The third-order valence-corrected chi connectivity index (χ3v) is 5.28. The molecule has 1 aromatic heterocycles. The minimum absolute atomic E-state index is 0.129. The minimum atomic E-state index is -0.315. The smallest absolute Gasteiger partial charge is 0.315 e. The summed E-state index contributed by atoms with van der Waals surface area (Å²) in [5.41, 5.74) is 2.20. The first kappa shape index (κ1) is 15.3. The van der Waals surface area contributed by atoms with Crippen LogP contribution < -0.4 is 10.6 Å². The van der Waals surface area contributed by atoms with E-state index in [2.05, 4.69) is 27.8 Å². The number of fused-ring (bicyclic) bond motifs is 1. The Balaban J connectivity index is 1.47. The van der Waals surface area contributed by atoms with E-state index in [9.17, 15) is 9.90 Å². The van der Waals surface area contributed by atoms with Gasteiger partial charge in [-0.25, -0.2) is 4.79 Å². The predicted molar refractivity (Wildman–Crippen MR) is 83.5 cm³/mol. The summed E-state index contributed by atoms with van der Waals surface area (Å²) in [6.45, 7) is 2.60. The zero-order valence-electron chi connectivity index (χ0n) is 13.2. The fraction of sp³-hybridized carbons (Fsp3) is 0.750. The highest BCUT2D eigenvalue weighted by Gasteiger charge is 2.35. The lowest BCUT2D eigenvalue weighted by Crippen LogP contribution is -2.50. The van der Waals surface area contributed by atoms with Crippen LogP contribution in [0, 0.1) is 5.41 Å². The van der Waals surface area contributed by atoms with E-state index in [0.717, 1.165) is 44.9 Å². The summed E-state index contributed by atoms with van der Waals surface area (Å²) in [4.78, 5) is 12.1. The van der Waals surface area contributed by atoms with Crippen LogP contribution in [0.4, 0.5) is 4.79 Å². The number of carbonyl (C=O) groups excluding carboxylic acids is 1. The van der Waals surface area contributed by atoms with Crippen LogP contribution in [0.3, 0.4) is 0 Å². The molecule has 6 heteroatoms. The van der Waals surface area contributed by atoms with Gasteiger partial charge in [-0.15, -0.1) is 0 Å². The van der Waals surface area contributed by atoms with E-state index in [0.29, 0.717) is 6.54 Å². The first-order chi connectivity index (χ1) is 10.6.